The van der Waals surface area contributed by atoms with E-state index in [0.29, 0.717) is 17.1 Å². The number of hydrogen-bond donors (Lipinski definition) is 1. The van der Waals surface area contributed by atoms with Gasteiger partial charge in [-0.2, -0.15) is 0 Å². The Labute approximate surface area is 154 Å². The van der Waals surface area contributed by atoms with Crippen LogP contribution in [0.1, 0.15) is 10.6 Å². The fourth-order valence-electron chi connectivity index (χ4n) is 2.36. The minimum atomic E-state index is -0.327. The van der Waals surface area contributed by atoms with Gasteiger partial charge in [-0.3, -0.25) is 0 Å². The van der Waals surface area contributed by atoms with Gasteiger partial charge in [0.15, 0.2) is 0 Å². The Morgan fingerprint density at radius 2 is 1.96 bits per heavy atom. The molecule has 0 saturated carbocycles. The van der Waals surface area contributed by atoms with Crippen LogP contribution in [0.15, 0.2) is 48.7 Å². The van der Waals surface area contributed by atoms with Crippen LogP contribution in [0.4, 0.5) is 4.39 Å². The van der Waals surface area contributed by atoms with Gasteiger partial charge in [0, 0.05) is 23.3 Å². The molecule has 0 atom stereocenters. The first-order valence-corrected chi connectivity index (χ1v) is 9.05. The zero-order chi connectivity index (χ0) is 16.9. The molecule has 0 bridgehead atoms. The molecule has 2 aromatic carbocycles. The molecular formula is C18H15Cl2FN2S. The van der Waals surface area contributed by atoms with Gasteiger partial charge >= 0.3 is 0 Å². The maximum Gasteiger partial charge on any atom is 0.133 e. The van der Waals surface area contributed by atoms with Crippen molar-refractivity contribution >= 4 is 34.5 Å². The molecular weight excluding hydrogens is 366 g/mol. The minimum Gasteiger partial charge on any atom is -0.310 e. The lowest BCUT2D eigenvalue weighted by Crippen LogP contribution is -2.16. The second-order valence-corrected chi connectivity index (χ2v) is 7.23. The third-order valence-corrected chi connectivity index (χ3v) is 5.08. The first-order chi connectivity index (χ1) is 11.6. The Morgan fingerprint density at radius 1 is 1.12 bits per heavy atom. The Bertz CT molecular complexity index is 815. The molecule has 0 radical (unpaired) electrons. The first-order valence-electron chi connectivity index (χ1n) is 7.48. The topological polar surface area (TPSA) is 24.9 Å². The van der Waals surface area contributed by atoms with Crippen LogP contribution in [0.3, 0.4) is 0 Å². The molecule has 1 heterocycles. The summed E-state index contributed by atoms with van der Waals surface area (Å²) in [5, 5.41) is 5.39. The van der Waals surface area contributed by atoms with E-state index in [1.807, 2.05) is 18.2 Å². The summed E-state index contributed by atoms with van der Waals surface area (Å²) < 4.78 is 13.9. The molecule has 0 spiro atoms. The van der Waals surface area contributed by atoms with Crippen LogP contribution in [-0.2, 0) is 13.0 Å². The van der Waals surface area contributed by atoms with Crippen molar-refractivity contribution in [3.05, 3.63) is 75.1 Å². The van der Waals surface area contributed by atoms with Crippen molar-refractivity contribution in [1.29, 1.82) is 0 Å². The molecule has 3 rings (SSSR count). The number of halogens is 3. The van der Waals surface area contributed by atoms with Gasteiger partial charge in [-0.1, -0.05) is 41.4 Å². The van der Waals surface area contributed by atoms with Crippen LogP contribution in [0.2, 0.25) is 10.0 Å². The lowest BCUT2D eigenvalue weighted by molar-refractivity contribution is 0.632. The lowest BCUT2D eigenvalue weighted by Gasteiger charge is -2.04. The highest BCUT2D eigenvalue weighted by molar-refractivity contribution is 7.15. The van der Waals surface area contributed by atoms with Gasteiger partial charge in [-0.05, 0) is 42.8 Å². The van der Waals surface area contributed by atoms with Gasteiger partial charge in [0.1, 0.15) is 10.8 Å². The fourth-order valence-corrected chi connectivity index (χ4v) is 3.84. The highest BCUT2D eigenvalue weighted by Crippen LogP contribution is 2.34. The summed E-state index contributed by atoms with van der Waals surface area (Å²) in [6.07, 6.45) is 2.56. The van der Waals surface area contributed by atoms with Gasteiger partial charge in [0.25, 0.3) is 0 Å². The quantitative estimate of drug-likeness (QED) is 0.563. The molecule has 6 heteroatoms. The molecule has 0 aliphatic carbocycles. The van der Waals surface area contributed by atoms with E-state index in [2.05, 4.69) is 16.4 Å². The molecule has 0 aliphatic rings. The highest BCUT2D eigenvalue weighted by Gasteiger charge is 2.12. The number of nitrogens with zero attached hydrogens (tertiary/aromatic N) is 1. The van der Waals surface area contributed by atoms with Gasteiger partial charge in [-0.25, -0.2) is 9.37 Å². The molecule has 0 aliphatic heterocycles. The van der Waals surface area contributed by atoms with E-state index in [0.717, 1.165) is 27.9 Å². The van der Waals surface area contributed by atoms with E-state index >= 15 is 0 Å². The van der Waals surface area contributed by atoms with Crippen LogP contribution < -0.4 is 5.32 Å². The Morgan fingerprint density at radius 3 is 2.75 bits per heavy atom. The Kier molecular flexibility index (Phi) is 5.85. The van der Waals surface area contributed by atoms with Crippen LogP contribution in [-0.4, -0.2) is 11.5 Å². The van der Waals surface area contributed by atoms with Crippen molar-refractivity contribution in [1.82, 2.24) is 10.3 Å². The van der Waals surface area contributed by atoms with E-state index in [-0.39, 0.29) is 5.82 Å². The number of hydrogen-bond acceptors (Lipinski definition) is 3. The summed E-state index contributed by atoms with van der Waals surface area (Å²) in [6, 6.07) is 12.5. The monoisotopic (exact) mass is 380 g/mol. The van der Waals surface area contributed by atoms with Crippen LogP contribution in [0.25, 0.3) is 10.4 Å². The number of rotatable bonds is 6. The molecule has 3 aromatic rings. The SMILES string of the molecule is Fc1cccc(Cl)c1-c1cnc(CNCCc2cccc(Cl)c2)s1. The molecule has 1 aromatic heterocycles. The molecule has 0 fully saturated rings. The fraction of sp³-hybridized carbons (Fsp3) is 0.167. The molecule has 24 heavy (non-hydrogen) atoms. The van der Waals surface area contributed by atoms with Crippen LogP contribution in [0, 0.1) is 5.82 Å². The molecule has 0 saturated heterocycles. The molecule has 0 amide bonds. The largest absolute Gasteiger partial charge is 0.310 e. The Hall–Kier alpha value is -1.46. The molecule has 2 nitrogen and oxygen atoms in total. The lowest BCUT2D eigenvalue weighted by atomic mass is 10.1. The van der Waals surface area contributed by atoms with Gasteiger partial charge in [-0.15, -0.1) is 11.3 Å². The molecule has 1 N–H and O–H groups in total. The minimum absolute atomic E-state index is 0.327. The van der Waals surface area contributed by atoms with Gasteiger partial charge in [0.05, 0.1) is 9.90 Å². The second-order valence-electron chi connectivity index (χ2n) is 5.27. The van der Waals surface area contributed by atoms with Crippen molar-refractivity contribution < 1.29 is 4.39 Å². The zero-order valence-electron chi connectivity index (χ0n) is 12.7. The van der Waals surface area contributed by atoms with Crippen LogP contribution >= 0.6 is 34.5 Å². The van der Waals surface area contributed by atoms with Crippen molar-refractivity contribution in [3.8, 4) is 10.4 Å². The van der Waals surface area contributed by atoms with Crippen molar-refractivity contribution in [2.75, 3.05) is 6.54 Å². The summed E-state index contributed by atoms with van der Waals surface area (Å²) in [5.41, 5.74) is 1.61. The number of nitrogens with one attached hydrogen (secondary N) is 1. The number of benzene rings is 2. The van der Waals surface area contributed by atoms with E-state index in [1.54, 1.807) is 18.3 Å². The van der Waals surface area contributed by atoms with Crippen LogP contribution in [0.5, 0.6) is 0 Å². The molecule has 0 unspecified atom stereocenters. The third-order valence-electron chi connectivity index (χ3n) is 3.52. The van der Waals surface area contributed by atoms with Gasteiger partial charge in [0.2, 0.25) is 0 Å². The third kappa shape index (κ3) is 4.33. The average Bonchev–Trinajstić information content (AvgIpc) is 3.00. The predicted molar refractivity (Wildman–Crippen MR) is 99.4 cm³/mol. The normalized spacial score (nSPS) is 11.0. The second kappa shape index (κ2) is 8.08. The van der Waals surface area contributed by atoms with E-state index in [4.69, 9.17) is 23.2 Å². The van der Waals surface area contributed by atoms with E-state index in [9.17, 15) is 4.39 Å². The number of thiazole rings is 1. The van der Waals surface area contributed by atoms with Gasteiger partial charge < -0.3 is 5.32 Å². The van der Waals surface area contributed by atoms with Crippen molar-refractivity contribution in [2.45, 2.75) is 13.0 Å². The van der Waals surface area contributed by atoms with Crippen molar-refractivity contribution in [3.63, 3.8) is 0 Å². The summed E-state index contributed by atoms with van der Waals surface area (Å²) in [4.78, 5) is 5.08. The van der Waals surface area contributed by atoms with Crippen molar-refractivity contribution in [2.24, 2.45) is 0 Å². The smallest absolute Gasteiger partial charge is 0.133 e. The first kappa shape index (κ1) is 17.4. The average molecular weight is 381 g/mol. The Balaban J connectivity index is 1.57. The predicted octanol–water partition coefficient (Wildman–Crippen LogP) is 5.59. The summed E-state index contributed by atoms with van der Waals surface area (Å²) in [6.45, 7) is 1.45. The van der Waals surface area contributed by atoms with E-state index < -0.39 is 0 Å². The number of aromatic nitrogens is 1. The van der Waals surface area contributed by atoms with E-state index in [1.165, 1.54) is 23.0 Å². The maximum atomic E-state index is 13.9. The standard InChI is InChI=1S/C18H15Cl2FN2S/c19-13-4-1-3-12(9-13)7-8-22-11-17-23-10-16(24-17)18-14(20)5-2-6-15(18)21/h1-6,9-10,22H,7-8,11H2. The maximum absolute atomic E-state index is 13.9. The zero-order valence-corrected chi connectivity index (χ0v) is 15.1. The highest BCUT2D eigenvalue weighted by atomic mass is 35.5. The summed E-state index contributed by atoms with van der Waals surface area (Å²) in [7, 11) is 0. The summed E-state index contributed by atoms with van der Waals surface area (Å²) in [5.74, 6) is -0.327. The molecule has 124 valence electrons. The summed E-state index contributed by atoms with van der Waals surface area (Å²) >= 11 is 13.5.